The van der Waals surface area contributed by atoms with Gasteiger partial charge in [-0.2, -0.15) is 4.80 Å². The van der Waals surface area contributed by atoms with Crippen LogP contribution in [0, 0.1) is 0 Å². The van der Waals surface area contributed by atoms with Gasteiger partial charge in [0.2, 0.25) is 11.7 Å². The molecule has 2 N–H and O–H groups in total. The average molecular weight is 479 g/mol. The molecular weight excluding hydrogens is 456 g/mol. The first-order chi connectivity index (χ1) is 16.5. The number of aromatic hydroxyl groups is 1. The lowest BCUT2D eigenvalue weighted by atomic mass is 10.2. The van der Waals surface area contributed by atoms with E-state index >= 15 is 0 Å². The number of ether oxygens (including phenoxy) is 1. The van der Waals surface area contributed by atoms with Gasteiger partial charge in [-0.25, -0.2) is 0 Å². The first kappa shape index (κ1) is 22.9. The number of hydrogen-bond donors (Lipinski definition) is 2. The molecule has 2 aromatic heterocycles. The third kappa shape index (κ3) is 5.75. The van der Waals surface area contributed by atoms with Crippen molar-refractivity contribution in [3.8, 4) is 22.2 Å². The maximum Gasteiger partial charge on any atom is 0.251 e. The van der Waals surface area contributed by atoms with Crippen LogP contribution in [-0.2, 0) is 22.7 Å². The fourth-order valence-electron chi connectivity index (χ4n) is 3.15. The van der Waals surface area contributed by atoms with Crippen LogP contribution in [0.2, 0.25) is 0 Å². The molecule has 10 nitrogen and oxygen atoms in total. The Balaban J connectivity index is 1.45. The summed E-state index contributed by atoms with van der Waals surface area (Å²) in [6.45, 7) is -0.176. The Morgan fingerprint density at radius 2 is 1.97 bits per heavy atom. The van der Waals surface area contributed by atoms with Crippen LogP contribution in [0.5, 0.6) is 11.5 Å². The smallest absolute Gasteiger partial charge is 0.251 e. The highest BCUT2D eigenvalue weighted by Crippen LogP contribution is 2.21. The van der Waals surface area contributed by atoms with Crippen LogP contribution in [-0.4, -0.2) is 50.8 Å². The van der Waals surface area contributed by atoms with Crippen molar-refractivity contribution < 1.29 is 19.4 Å². The normalized spacial score (nSPS) is 10.6. The van der Waals surface area contributed by atoms with E-state index in [1.165, 1.54) is 33.2 Å². The number of aromatic nitrogens is 4. The summed E-state index contributed by atoms with van der Waals surface area (Å²) in [7, 11) is 1.58. The summed E-state index contributed by atoms with van der Waals surface area (Å²) in [5.41, 5.74) is 1.26. The maximum absolute atomic E-state index is 13.1. The van der Waals surface area contributed by atoms with Crippen molar-refractivity contribution in [2.24, 2.45) is 0 Å². The Bertz CT molecular complexity index is 1260. The third-order valence-electron chi connectivity index (χ3n) is 4.86. The highest BCUT2D eigenvalue weighted by atomic mass is 32.1. The van der Waals surface area contributed by atoms with E-state index in [2.05, 4.69) is 20.7 Å². The largest absolute Gasteiger partial charge is 0.508 e. The number of carbonyl (C=O) groups excluding carboxylic acids is 2. The van der Waals surface area contributed by atoms with Crippen LogP contribution in [0.25, 0.3) is 10.7 Å². The molecule has 0 bridgehead atoms. The van der Waals surface area contributed by atoms with Crippen molar-refractivity contribution in [3.63, 3.8) is 0 Å². The summed E-state index contributed by atoms with van der Waals surface area (Å²) < 4.78 is 5.14. The molecule has 174 valence electrons. The first-order valence-electron chi connectivity index (χ1n) is 10.3. The quantitative estimate of drug-likeness (QED) is 0.379. The van der Waals surface area contributed by atoms with Gasteiger partial charge >= 0.3 is 0 Å². The SMILES string of the molecule is COc1ccc(CNC(=O)CN(C(=O)Cn2nnc(-c3cccs3)n2)c2cccc(O)c2)cc1. The van der Waals surface area contributed by atoms with Gasteiger partial charge in [0, 0.05) is 18.3 Å². The van der Waals surface area contributed by atoms with E-state index in [0.717, 1.165) is 16.2 Å². The van der Waals surface area contributed by atoms with E-state index in [1.54, 1.807) is 31.4 Å². The van der Waals surface area contributed by atoms with E-state index < -0.39 is 5.91 Å². The number of hydrogen-bond acceptors (Lipinski definition) is 8. The molecule has 0 aliphatic rings. The number of nitrogens with one attached hydrogen (secondary N) is 1. The second kappa shape index (κ2) is 10.6. The van der Waals surface area contributed by atoms with Crippen LogP contribution in [0.4, 0.5) is 5.69 Å². The van der Waals surface area contributed by atoms with E-state index in [4.69, 9.17) is 4.74 Å². The van der Waals surface area contributed by atoms with Gasteiger partial charge in [0.1, 0.15) is 24.6 Å². The predicted molar refractivity (Wildman–Crippen MR) is 126 cm³/mol. The predicted octanol–water partition coefficient (Wildman–Crippen LogP) is 2.47. The lowest BCUT2D eigenvalue weighted by molar-refractivity contribution is -0.124. The summed E-state index contributed by atoms with van der Waals surface area (Å²) in [5, 5.41) is 26.8. The first-order valence-corrected chi connectivity index (χ1v) is 11.2. The molecule has 0 saturated heterocycles. The highest BCUT2D eigenvalue weighted by Gasteiger charge is 2.21. The number of benzene rings is 2. The number of nitrogens with zero attached hydrogens (tertiary/aromatic N) is 5. The highest BCUT2D eigenvalue weighted by molar-refractivity contribution is 7.13. The van der Waals surface area contributed by atoms with Crippen molar-refractivity contribution in [1.29, 1.82) is 0 Å². The topological polar surface area (TPSA) is 122 Å². The summed E-state index contributed by atoms with van der Waals surface area (Å²) >= 11 is 1.47. The fourth-order valence-corrected chi connectivity index (χ4v) is 3.80. The van der Waals surface area contributed by atoms with Crippen LogP contribution in [0.15, 0.2) is 66.0 Å². The van der Waals surface area contributed by atoms with Crippen molar-refractivity contribution in [1.82, 2.24) is 25.5 Å². The minimum absolute atomic E-state index is 0.0206. The number of thiophene rings is 1. The van der Waals surface area contributed by atoms with Gasteiger partial charge in [-0.1, -0.05) is 24.3 Å². The number of amides is 2. The van der Waals surface area contributed by atoms with Gasteiger partial charge in [-0.15, -0.1) is 21.5 Å². The van der Waals surface area contributed by atoms with E-state index in [9.17, 15) is 14.7 Å². The second-order valence-electron chi connectivity index (χ2n) is 7.25. The van der Waals surface area contributed by atoms with E-state index in [1.807, 2.05) is 29.6 Å². The zero-order valence-electron chi connectivity index (χ0n) is 18.3. The Kier molecular flexibility index (Phi) is 7.13. The number of tetrazole rings is 1. The van der Waals surface area contributed by atoms with Crippen LogP contribution < -0.4 is 15.0 Å². The molecule has 0 atom stereocenters. The molecule has 0 radical (unpaired) electrons. The standard InChI is InChI=1S/C23H22N6O4S/c1-33-19-9-7-16(8-10-19)13-24-21(31)14-28(17-4-2-5-18(30)12-17)22(32)15-29-26-23(25-27-29)20-6-3-11-34-20/h2-12,30H,13-15H2,1H3,(H,24,31). The second-order valence-corrected chi connectivity index (χ2v) is 8.19. The Morgan fingerprint density at radius 3 is 2.68 bits per heavy atom. The summed E-state index contributed by atoms with van der Waals surface area (Å²) in [4.78, 5) is 29.1. The maximum atomic E-state index is 13.1. The van der Waals surface area contributed by atoms with Gasteiger partial charge in [0.15, 0.2) is 0 Å². The summed E-state index contributed by atoms with van der Waals surface area (Å²) in [6, 6.07) is 17.2. The average Bonchev–Trinajstić information content (AvgIpc) is 3.54. The van der Waals surface area contributed by atoms with Gasteiger partial charge in [0.25, 0.3) is 5.91 Å². The molecule has 4 rings (SSSR count). The fraction of sp³-hybridized carbons (Fsp3) is 0.174. The Hall–Kier alpha value is -4.25. The number of anilines is 1. The van der Waals surface area contributed by atoms with Gasteiger partial charge < -0.3 is 20.1 Å². The van der Waals surface area contributed by atoms with Gasteiger partial charge in [0.05, 0.1) is 12.0 Å². The Labute approximate surface area is 199 Å². The van der Waals surface area contributed by atoms with Crippen LogP contribution in [0.1, 0.15) is 5.56 Å². The summed E-state index contributed by atoms with van der Waals surface area (Å²) in [6.07, 6.45) is 0. The molecule has 0 unspecified atom stereocenters. The lowest BCUT2D eigenvalue weighted by Gasteiger charge is -2.22. The van der Waals surface area contributed by atoms with Gasteiger partial charge in [-0.05, 0) is 46.5 Å². The van der Waals surface area contributed by atoms with E-state index in [-0.39, 0.29) is 24.7 Å². The van der Waals surface area contributed by atoms with E-state index in [0.29, 0.717) is 18.1 Å². The molecule has 11 heteroatoms. The van der Waals surface area contributed by atoms with Crippen molar-refractivity contribution in [2.45, 2.75) is 13.1 Å². The zero-order chi connectivity index (χ0) is 23.9. The molecule has 0 aliphatic heterocycles. The summed E-state index contributed by atoms with van der Waals surface area (Å²) in [5.74, 6) is 0.329. The molecule has 0 spiro atoms. The molecular formula is C23H22N6O4S. The molecule has 4 aromatic rings. The molecule has 0 aliphatic carbocycles. The van der Waals surface area contributed by atoms with Crippen molar-refractivity contribution >= 4 is 28.8 Å². The monoisotopic (exact) mass is 478 g/mol. The Morgan fingerprint density at radius 1 is 1.15 bits per heavy atom. The number of phenols is 1. The molecule has 34 heavy (non-hydrogen) atoms. The van der Waals surface area contributed by atoms with Gasteiger partial charge in [-0.3, -0.25) is 9.59 Å². The number of carbonyl (C=O) groups is 2. The molecule has 2 heterocycles. The number of rotatable bonds is 9. The minimum Gasteiger partial charge on any atom is -0.508 e. The van der Waals surface area contributed by atoms with Crippen molar-refractivity contribution in [3.05, 3.63) is 71.6 Å². The van der Waals surface area contributed by atoms with Crippen molar-refractivity contribution in [2.75, 3.05) is 18.6 Å². The van der Waals surface area contributed by atoms with Crippen LogP contribution >= 0.6 is 11.3 Å². The molecule has 2 aromatic carbocycles. The lowest BCUT2D eigenvalue weighted by Crippen LogP contribution is -2.42. The molecule has 0 saturated carbocycles. The molecule has 0 fully saturated rings. The molecule has 2 amide bonds. The third-order valence-corrected chi connectivity index (χ3v) is 5.73. The zero-order valence-corrected chi connectivity index (χ0v) is 19.1. The number of phenolic OH excluding ortho intramolecular Hbond substituents is 1. The van der Waals surface area contributed by atoms with Crippen LogP contribution in [0.3, 0.4) is 0 Å². The minimum atomic E-state index is -0.430. The number of methoxy groups -OCH3 is 1.